The number of aliphatic hydroxyl groups excluding tert-OH is 1. The summed E-state index contributed by atoms with van der Waals surface area (Å²) < 4.78 is 41.8. The second kappa shape index (κ2) is 11.3. The summed E-state index contributed by atoms with van der Waals surface area (Å²) in [7, 11) is 0. The number of alkyl halides is 1. The molecule has 4 aromatic rings. The maximum Gasteiger partial charge on any atom is 0.349 e. The van der Waals surface area contributed by atoms with Gasteiger partial charge in [-0.2, -0.15) is 9.97 Å². The Balaban J connectivity index is 1.36. The van der Waals surface area contributed by atoms with Crippen molar-refractivity contribution in [1.82, 2.24) is 14.9 Å². The molecule has 232 valence electrons. The molecule has 0 bridgehead atoms. The van der Waals surface area contributed by atoms with Crippen molar-refractivity contribution in [3.05, 3.63) is 52.1 Å². The number of halogens is 2. The van der Waals surface area contributed by atoms with Crippen LogP contribution in [0.15, 0.2) is 39.5 Å². The van der Waals surface area contributed by atoms with Crippen LogP contribution < -0.4 is 15.3 Å². The van der Waals surface area contributed by atoms with Gasteiger partial charge in [0.1, 0.15) is 35.5 Å². The zero-order chi connectivity index (χ0) is 30.6. The first kappa shape index (κ1) is 28.9. The molecule has 2 aromatic carbocycles. The number of phenols is 1. The highest BCUT2D eigenvalue weighted by Crippen LogP contribution is 2.42. The summed E-state index contributed by atoms with van der Waals surface area (Å²) in [5.41, 5.74) is -0.0541. The maximum absolute atomic E-state index is 15.1. The van der Waals surface area contributed by atoms with Crippen molar-refractivity contribution < 1.29 is 28.1 Å². The van der Waals surface area contributed by atoms with Crippen LogP contribution in [0.2, 0.25) is 0 Å². The van der Waals surface area contributed by atoms with Gasteiger partial charge in [-0.25, -0.2) is 13.6 Å². The molecule has 3 aliphatic rings. The van der Waals surface area contributed by atoms with Crippen LogP contribution in [0.3, 0.4) is 0 Å². The molecule has 5 heterocycles. The first-order valence-electron chi connectivity index (χ1n) is 15.4. The lowest BCUT2D eigenvalue weighted by molar-refractivity contribution is 0.107. The van der Waals surface area contributed by atoms with Gasteiger partial charge in [0.25, 0.3) is 0 Å². The molecule has 0 aliphatic carbocycles. The molecule has 3 fully saturated rings. The Morgan fingerprint density at radius 1 is 1.16 bits per heavy atom. The second-order valence-corrected chi connectivity index (χ2v) is 12.5. The van der Waals surface area contributed by atoms with Crippen LogP contribution in [0.25, 0.3) is 33.0 Å². The third-order valence-corrected chi connectivity index (χ3v) is 9.80. The van der Waals surface area contributed by atoms with Crippen LogP contribution in [0.5, 0.6) is 11.8 Å². The van der Waals surface area contributed by atoms with Crippen LogP contribution in [0.4, 0.5) is 14.6 Å². The number of ether oxygens (including phenoxy) is 1. The van der Waals surface area contributed by atoms with E-state index in [9.17, 15) is 19.4 Å². The smallest absolute Gasteiger partial charge is 0.349 e. The number of phenolic OH excluding ortho intramolecular Hbond substituents is 1. The quantitative estimate of drug-likeness (QED) is 0.296. The van der Waals surface area contributed by atoms with Crippen LogP contribution in [-0.2, 0) is 0 Å². The zero-order valence-corrected chi connectivity index (χ0v) is 24.7. The minimum atomic E-state index is -0.904. The predicted octanol–water partition coefficient (Wildman–Crippen LogP) is 5.11. The van der Waals surface area contributed by atoms with Gasteiger partial charge in [-0.1, -0.05) is 12.1 Å². The third kappa shape index (κ3) is 4.95. The molecule has 11 heteroatoms. The van der Waals surface area contributed by atoms with Crippen molar-refractivity contribution >= 4 is 27.5 Å². The summed E-state index contributed by atoms with van der Waals surface area (Å²) in [6.45, 7) is 4.58. The van der Waals surface area contributed by atoms with E-state index in [0.717, 1.165) is 38.6 Å². The molecule has 0 radical (unpaired) electrons. The molecule has 2 aromatic heterocycles. The van der Waals surface area contributed by atoms with E-state index in [0.29, 0.717) is 54.3 Å². The van der Waals surface area contributed by atoms with Crippen molar-refractivity contribution in [3.63, 3.8) is 0 Å². The van der Waals surface area contributed by atoms with Gasteiger partial charge in [0.05, 0.1) is 11.1 Å². The van der Waals surface area contributed by atoms with E-state index < -0.39 is 23.2 Å². The molecular formula is C33H36F2N4O5. The summed E-state index contributed by atoms with van der Waals surface area (Å²) in [5, 5.41) is 20.8. The Morgan fingerprint density at radius 2 is 1.98 bits per heavy atom. The maximum atomic E-state index is 15.1. The van der Waals surface area contributed by atoms with Gasteiger partial charge in [0.2, 0.25) is 0 Å². The predicted molar refractivity (Wildman–Crippen MR) is 163 cm³/mol. The van der Waals surface area contributed by atoms with Crippen molar-refractivity contribution in [2.24, 2.45) is 5.92 Å². The average molecular weight is 607 g/mol. The number of hydrogen-bond donors (Lipinski definition) is 2. The van der Waals surface area contributed by atoms with Crippen molar-refractivity contribution in [2.45, 2.75) is 57.2 Å². The van der Waals surface area contributed by atoms with Gasteiger partial charge in [0.15, 0.2) is 5.82 Å². The van der Waals surface area contributed by atoms with E-state index >= 15 is 4.39 Å². The van der Waals surface area contributed by atoms with E-state index in [1.54, 1.807) is 19.1 Å². The van der Waals surface area contributed by atoms with Gasteiger partial charge in [-0.3, -0.25) is 4.90 Å². The Hall–Kier alpha value is -3.83. The molecule has 0 unspecified atom stereocenters. The normalized spacial score (nSPS) is 22.7. The molecule has 3 saturated heterocycles. The minimum Gasteiger partial charge on any atom is -0.508 e. The lowest BCUT2D eigenvalue weighted by Crippen LogP contribution is -2.43. The molecule has 0 amide bonds. The lowest BCUT2D eigenvalue weighted by Gasteiger charge is -2.33. The van der Waals surface area contributed by atoms with E-state index in [1.165, 1.54) is 18.2 Å². The highest BCUT2D eigenvalue weighted by atomic mass is 19.1. The number of nitrogens with zero attached hydrogens (tertiary/aromatic N) is 4. The van der Waals surface area contributed by atoms with Crippen molar-refractivity contribution in [2.75, 3.05) is 44.3 Å². The fourth-order valence-corrected chi connectivity index (χ4v) is 7.58. The summed E-state index contributed by atoms with van der Waals surface area (Å²) in [6, 6.07) is 7.48. The topological polar surface area (TPSA) is 112 Å². The monoisotopic (exact) mass is 606 g/mol. The van der Waals surface area contributed by atoms with Crippen LogP contribution in [-0.4, -0.2) is 76.2 Å². The number of aryl methyl sites for hydroxylation is 1. The van der Waals surface area contributed by atoms with Crippen LogP contribution in [0, 0.1) is 18.7 Å². The Labute approximate surface area is 253 Å². The number of piperidine rings is 1. The number of rotatable bonds is 7. The number of fused-ring (bicyclic) bond motifs is 3. The lowest BCUT2D eigenvalue weighted by atomic mass is 9.94. The zero-order valence-electron chi connectivity index (χ0n) is 24.7. The van der Waals surface area contributed by atoms with E-state index in [-0.39, 0.29) is 47.1 Å². The standard InChI is InChI=1S/C33H36F2N4O5/c1-19-28-27(31(42)44-29(19)24-15-23(41)14-21-4-2-5-25(35)26(21)24)30(38-11-6-20(7-12-38)8-13-40)37-32(36-28)43-18-33-9-3-10-39(33)17-22(34)16-33/h2,4-5,14-15,20,22,40-41H,3,6-13,16-18H2,1H3/t22-,33+/m1/s1. The molecule has 2 N–H and O–H groups in total. The Morgan fingerprint density at radius 3 is 2.77 bits per heavy atom. The third-order valence-electron chi connectivity index (χ3n) is 9.80. The molecule has 0 spiro atoms. The number of aromatic nitrogens is 2. The van der Waals surface area contributed by atoms with Crippen molar-refractivity contribution in [1.29, 1.82) is 0 Å². The summed E-state index contributed by atoms with van der Waals surface area (Å²) >= 11 is 0. The molecule has 9 nitrogen and oxygen atoms in total. The largest absolute Gasteiger partial charge is 0.508 e. The average Bonchev–Trinajstić information content (AvgIpc) is 3.53. The van der Waals surface area contributed by atoms with Crippen LogP contribution >= 0.6 is 0 Å². The van der Waals surface area contributed by atoms with Gasteiger partial charge < -0.3 is 24.3 Å². The summed E-state index contributed by atoms with van der Waals surface area (Å²) in [6.07, 6.45) is 3.67. The van der Waals surface area contributed by atoms with Crippen molar-refractivity contribution in [3.8, 4) is 23.1 Å². The van der Waals surface area contributed by atoms with E-state index in [1.807, 2.05) is 4.90 Å². The number of aromatic hydroxyl groups is 1. The molecular weight excluding hydrogens is 570 g/mol. The Bertz CT molecular complexity index is 1790. The highest BCUT2D eigenvalue weighted by molar-refractivity contribution is 6.00. The SMILES string of the molecule is Cc1c(-c2cc(O)cc3cccc(F)c23)oc(=O)c2c(N3CCC(CCO)CC3)nc(OC[C@@]34CCCN3C[C@H](F)C4)nc12. The number of aliphatic hydroxyl groups is 1. The Kier molecular flexibility index (Phi) is 7.40. The van der Waals surface area contributed by atoms with Crippen LogP contribution in [0.1, 0.15) is 44.1 Å². The van der Waals surface area contributed by atoms with Gasteiger partial charge in [-0.15, -0.1) is 0 Å². The molecule has 0 saturated carbocycles. The van der Waals surface area contributed by atoms with E-state index in [2.05, 4.69) is 4.90 Å². The fourth-order valence-electron chi connectivity index (χ4n) is 7.58. The van der Waals surface area contributed by atoms with Gasteiger partial charge >= 0.3 is 11.6 Å². The molecule has 7 rings (SSSR count). The van der Waals surface area contributed by atoms with E-state index in [4.69, 9.17) is 19.1 Å². The second-order valence-electron chi connectivity index (χ2n) is 12.5. The number of benzene rings is 2. The molecule has 44 heavy (non-hydrogen) atoms. The summed E-state index contributed by atoms with van der Waals surface area (Å²) in [4.78, 5) is 27.4. The number of hydrogen-bond acceptors (Lipinski definition) is 9. The van der Waals surface area contributed by atoms with Gasteiger partial charge in [0, 0.05) is 49.2 Å². The first-order valence-corrected chi connectivity index (χ1v) is 15.4. The summed E-state index contributed by atoms with van der Waals surface area (Å²) in [5.74, 6) is 0.269. The number of anilines is 1. The molecule has 3 aliphatic heterocycles. The van der Waals surface area contributed by atoms with Gasteiger partial charge in [-0.05, 0) is 75.1 Å². The first-order chi connectivity index (χ1) is 21.3. The minimum absolute atomic E-state index is 0.0834. The molecule has 2 atom stereocenters. The highest BCUT2D eigenvalue weighted by Gasteiger charge is 2.49. The fraction of sp³-hybridized carbons (Fsp3) is 0.485.